The molecule has 0 aliphatic carbocycles. The van der Waals surface area contributed by atoms with Crippen LogP contribution in [0.5, 0.6) is 0 Å². The molecule has 0 amide bonds. The Morgan fingerprint density at radius 1 is 0.244 bits per heavy atom. The zero-order valence-corrected chi connectivity index (χ0v) is 25.4. The van der Waals surface area contributed by atoms with Gasteiger partial charge in [-0.2, -0.15) is 0 Å². The topological polar surface area (TPSA) is 0 Å². The molecule has 0 atom stereocenters. The molecule has 0 spiro atoms. The van der Waals surface area contributed by atoms with Crippen LogP contribution in [-0.4, -0.2) is 0 Å². The highest BCUT2D eigenvalue weighted by Crippen LogP contribution is 2.44. The van der Waals surface area contributed by atoms with Crippen LogP contribution >= 0.6 is 11.3 Å². The maximum Gasteiger partial charge on any atom is 0.0361 e. The Labute approximate surface area is 266 Å². The summed E-state index contributed by atoms with van der Waals surface area (Å²) in [6, 6.07) is 62.1. The lowest BCUT2D eigenvalue weighted by molar-refractivity contribution is 1.63. The normalized spacial score (nSPS) is 11.6. The predicted octanol–water partition coefficient (Wildman–Crippen LogP) is 13.0. The fourth-order valence-electron chi connectivity index (χ4n) is 6.95. The summed E-state index contributed by atoms with van der Waals surface area (Å²) < 4.78 is 2.66. The van der Waals surface area contributed by atoms with E-state index in [1.165, 1.54) is 86.2 Å². The van der Waals surface area contributed by atoms with E-state index in [9.17, 15) is 0 Å². The number of thiophene rings is 1. The predicted molar refractivity (Wildman–Crippen MR) is 196 cm³/mol. The van der Waals surface area contributed by atoms with E-state index in [0.717, 1.165) is 0 Å². The van der Waals surface area contributed by atoms with Crippen LogP contribution < -0.4 is 0 Å². The van der Waals surface area contributed by atoms with Crippen molar-refractivity contribution in [3.05, 3.63) is 170 Å². The second kappa shape index (κ2) is 10.6. The zero-order chi connectivity index (χ0) is 29.7. The molecular formula is C44H28S. The molecule has 0 N–H and O–H groups in total. The number of hydrogen-bond acceptors (Lipinski definition) is 1. The molecule has 1 aromatic heterocycles. The van der Waals surface area contributed by atoms with Crippen molar-refractivity contribution in [1.29, 1.82) is 0 Å². The van der Waals surface area contributed by atoms with Crippen molar-refractivity contribution < 1.29 is 0 Å². The summed E-state index contributed by atoms with van der Waals surface area (Å²) in [4.78, 5) is 0. The third-order valence-corrected chi connectivity index (χ3v) is 10.2. The van der Waals surface area contributed by atoms with Gasteiger partial charge in [-0.3, -0.25) is 0 Å². The third kappa shape index (κ3) is 4.36. The Morgan fingerprint density at radius 2 is 0.667 bits per heavy atom. The minimum Gasteiger partial charge on any atom is -0.135 e. The summed E-state index contributed by atoms with van der Waals surface area (Å²) in [7, 11) is 0. The van der Waals surface area contributed by atoms with E-state index in [2.05, 4.69) is 170 Å². The molecule has 0 fully saturated rings. The first-order chi connectivity index (χ1) is 22.3. The van der Waals surface area contributed by atoms with E-state index in [1.807, 2.05) is 11.3 Å². The van der Waals surface area contributed by atoms with Crippen LogP contribution in [-0.2, 0) is 0 Å². The number of rotatable bonds is 4. The molecule has 1 heteroatoms. The van der Waals surface area contributed by atoms with Crippen molar-refractivity contribution in [2.45, 2.75) is 0 Å². The first-order valence-electron chi connectivity index (χ1n) is 15.4. The third-order valence-electron chi connectivity index (χ3n) is 9.08. The largest absolute Gasteiger partial charge is 0.135 e. The van der Waals surface area contributed by atoms with E-state index < -0.39 is 0 Å². The van der Waals surface area contributed by atoms with Crippen LogP contribution in [0.15, 0.2) is 170 Å². The van der Waals surface area contributed by atoms with Gasteiger partial charge in [-0.1, -0.05) is 152 Å². The van der Waals surface area contributed by atoms with Gasteiger partial charge in [0.15, 0.2) is 0 Å². The van der Waals surface area contributed by atoms with Gasteiger partial charge in [0.05, 0.1) is 0 Å². The Morgan fingerprint density at radius 3 is 1.27 bits per heavy atom. The van der Waals surface area contributed by atoms with Crippen LogP contribution in [0.1, 0.15) is 0 Å². The summed E-state index contributed by atoms with van der Waals surface area (Å²) in [6.45, 7) is 0. The van der Waals surface area contributed by atoms with Gasteiger partial charge in [-0.05, 0) is 84.3 Å². The quantitative estimate of drug-likeness (QED) is 0.179. The van der Waals surface area contributed by atoms with E-state index in [-0.39, 0.29) is 0 Å². The fourth-order valence-corrected chi connectivity index (χ4v) is 8.08. The Balaban J connectivity index is 1.15. The molecule has 0 unspecified atom stereocenters. The SMILES string of the molecule is c1ccc(-c2ccc3c(c2)sc2ccc(-c4ccc(-c5c6ccccc6c(-c6ccccc6)c6ccccc56)cc4)cc23)cc1. The standard InChI is InChI=1S/C44H28S/c1-3-11-29(12-4-1)34-23-25-35-40-27-33(24-26-41(40)45-42(35)28-34)30-19-21-32(22-20-30)44-38-17-9-7-15-36(38)43(31-13-5-2-6-14-31)37-16-8-10-18-39(37)44/h1-28H. The molecular weight excluding hydrogens is 561 g/mol. The molecule has 9 aromatic rings. The highest BCUT2D eigenvalue weighted by molar-refractivity contribution is 7.25. The average Bonchev–Trinajstić information content (AvgIpc) is 3.48. The van der Waals surface area contributed by atoms with Gasteiger partial charge < -0.3 is 0 Å². The minimum atomic E-state index is 1.23. The summed E-state index contributed by atoms with van der Waals surface area (Å²) in [5.74, 6) is 0. The van der Waals surface area contributed by atoms with Gasteiger partial charge in [0.2, 0.25) is 0 Å². The van der Waals surface area contributed by atoms with Gasteiger partial charge >= 0.3 is 0 Å². The first kappa shape index (κ1) is 25.9. The number of fused-ring (bicyclic) bond motifs is 5. The maximum atomic E-state index is 2.37. The lowest BCUT2D eigenvalue weighted by Crippen LogP contribution is -1.90. The molecule has 210 valence electrons. The van der Waals surface area contributed by atoms with Crippen LogP contribution in [0.25, 0.3) is 86.2 Å². The summed E-state index contributed by atoms with van der Waals surface area (Å²) in [5, 5.41) is 7.78. The first-order valence-corrected chi connectivity index (χ1v) is 16.2. The van der Waals surface area contributed by atoms with Crippen LogP contribution in [0, 0.1) is 0 Å². The zero-order valence-electron chi connectivity index (χ0n) is 24.6. The molecule has 0 saturated carbocycles. The summed E-state index contributed by atoms with van der Waals surface area (Å²) in [5.41, 5.74) is 10.1. The molecule has 0 saturated heterocycles. The van der Waals surface area contributed by atoms with Gasteiger partial charge in [0.1, 0.15) is 0 Å². The molecule has 0 aliphatic heterocycles. The molecule has 0 bridgehead atoms. The Bertz CT molecular complexity index is 2450. The van der Waals surface area contributed by atoms with Crippen molar-refractivity contribution in [3.63, 3.8) is 0 Å². The van der Waals surface area contributed by atoms with Crippen LogP contribution in [0.4, 0.5) is 0 Å². The van der Waals surface area contributed by atoms with E-state index >= 15 is 0 Å². The van der Waals surface area contributed by atoms with Gasteiger partial charge in [0.25, 0.3) is 0 Å². The monoisotopic (exact) mass is 588 g/mol. The lowest BCUT2D eigenvalue weighted by atomic mass is 9.86. The summed E-state index contributed by atoms with van der Waals surface area (Å²) >= 11 is 1.88. The smallest absolute Gasteiger partial charge is 0.0361 e. The maximum absolute atomic E-state index is 2.37. The second-order valence-corrected chi connectivity index (χ2v) is 12.8. The van der Waals surface area contributed by atoms with Crippen molar-refractivity contribution in [2.24, 2.45) is 0 Å². The molecule has 1 heterocycles. The van der Waals surface area contributed by atoms with Crippen LogP contribution in [0.2, 0.25) is 0 Å². The fraction of sp³-hybridized carbons (Fsp3) is 0. The van der Waals surface area contributed by atoms with E-state index in [4.69, 9.17) is 0 Å². The van der Waals surface area contributed by atoms with E-state index in [1.54, 1.807) is 0 Å². The molecule has 9 rings (SSSR count). The van der Waals surface area contributed by atoms with E-state index in [0.29, 0.717) is 0 Å². The minimum absolute atomic E-state index is 1.23. The van der Waals surface area contributed by atoms with Crippen molar-refractivity contribution in [3.8, 4) is 44.5 Å². The second-order valence-electron chi connectivity index (χ2n) is 11.7. The van der Waals surface area contributed by atoms with Gasteiger partial charge in [-0.15, -0.1) is 11.3 Å². The lowest BCUT2D eigenvalue weighted by Gasteiger charge is -2.18. The Hall–Kier alpha value is -5.50. The molecule has 0 nitrogen and oxygen atoms in total. The number of hydrogen-bond donors (Lipinski definition) is 0. The van der Waals surface area contributed by atoms with Crippen molar-refractivity contribution in [2.75, 3.05) is 0 Å². The van der Waals surface area contributed by atoms with Crippen molar-refractivity contribution >= 4 is 53.1 Å². The molecule has 0 radical (unpaired) electrons. The van der Waals surface area contributed by atoms with Gasteiger partial charge in [-0.25, -0.2) is 0 Å². The summed E-state index contributed by atoms with van der Waals surface area (Å²) in [6.07, 6.45) is 0. The number of benzene rings is 8. The van der Waals surface area contributed by atoms with Crippen molar-refractivity contribution in [1.82, 2.24) is 0 Å². The Kier molecular flexibility index (Phi) is 6.11. The molecule has 8 aromatic carbocycles. The molecule has 0 aliphatic rings. The highest BCUT2D eigenvalue weighted by Gasteiger charge is 2.16. The molecule has 45 heavy (non-hydrogen) atoms. The highest BCUT2D eigenvalue weighted by atomic mass is 32.1. The van der Waals surface area contributed by atoms with Gasteiger partial charge in [0, 0.05) is 20.2 Å². The average molecular weight is 589 g/mol. The van der Waals surface area contributed by atoms with Crippen LogP contribution in [0.3, 0.4) is 0 Å².